The lowest BCUT2D eigenvalue weighted by atomic mass is 10.2. The van der Waals surface area contributed by atoms with E-state index in [1.165, 1.54) is 12.8 Å². The molecule has 4 heteroatoms. The zero-order valence-corrected chi connectivity index (χ0v) is 10.3. The number of rotatable bonds is 4. The second-order valence-electron chi connectivity index (χ2n) is 4.82. The highest BCUT2D eigenvalue weighted by Gasteiger charge is 2.33. The highest BCUT2D eigenvalue weighted by Crippen LogP contribution is 2.28. The van der Waals surface area contributed by atoms with Crippen molar-refractivity contribution in [3.05, 3.63) is 0 Å². The first-order valence-electron chi connectivity index (χ1n) is 6.46. The van der Waals surface area contributed by atoms with Gasteiger partial charge in [0.2, 0.25) is 0 Å². The molecule has 0 aromatic rings. The molecule has 92 valence electrons. The molecule has 0 aromatic carbocycles. The lowest BCUT2D eigenvalue weighted by molar-refractivity contribution is 0.117. The fourth-order valence-corrected chi connectivity index (χ4v) is 2.00. The highest BCUT2D eigenvalue weighted by molar-refractivity contribution is 5.80. The Bertz CT molecular complexity index is 249. The maximum atomic E-state index is 5.56. The predicted octanol–water partition coefficient (Wildman–Crippen LogP) is 1.13. The Kier molecular flexibility index (Phi) is 4.04. The Balaban J connectivity index is 1.77. The molecule has 1 saturated heterocycles. The molecule has 0 amide bonds. The van der Waals surface area contributed by atoms with E-state index in [-0.39, 0.29) is 0 Å². The number of ether oxygens (including phenoxy) is 1. The minimum absolute atomic E-state index is 0.340. The predicted molar refractivity (Wildman–Crippen MR) is 65.7 cm³/mol. The largest absolute Gasteiger partial charge is 0.376 e. The maximum Gasteiger partial charge on any atom is 0.191 e. The van der Waals surface area contributed by atoms with Crippen LogP contribution in [0.4, 0.5) is 0 Å². The Morgan fingerprint density at radius 2 is 2.31 bits per heavy atom. The van der Waals surface area contributed by atoms with E-state index in [1.807, 2.05) is 0 Å². The van der Waals surface area contributed by atoms with Crippen LogP contribution in [0.3, 0.4) is 0 Å². The normalized spacial score (nSPS) is 33.9. The van der Waals surface area contributed by atoms with Crippen molar-refractivity contribution in [1.82, 2.24) is 10.6 Å². The summed E-state index contributed by atoms with van der Waals surface area (Å²) in [5.41, 5.74) is 0. The van der Waals surface area contributed by atoms with Gasteiger partial charge in [-0.15, -0.1) is 0 Å². The van der Waals surface area contributed by atoms with Crippen LogP contribution >= 0.6 is 0 Å². The molecule has 0 radical (unpaired) electrons. The van der Waals surface area contributed by atoms with Gasteiger partial charge < -0.3 is 15.4 Å². The molecule has 3 unspecified atom stereocenters. The third-order valence-electron chi connectivity index (χ3n) is 3.25. The zero-order valence-electron chi connectivity index (χ0n) is 10.3. The Morgan fingerprint density at radius 3 is 2.88 bits per heavy atom. The molecule has 2 rings (SSSR count). The zero-order chi connectivity index (χ0) is 11.4. The van der Waals surface area contributed by atoms with E-state index in [0.717, 1.165) is 38.0 Å². The topological polar surface area (TPSA) is 45.7 Å². The van der Waals surface area contributed by atoms with Crippen molar-refractivity contribution >= 4 is 5.96 Å². The van der Waals surface area contributed by atoms with Crippen LogP contribution in [-0.4, -0.2) is 37.8 Å². The Hall–Kier alpha value is -0.770. The molecule has 1 aliphatic carbocycles. The number of nitrogens with zero attached hydrogens (tertiary/aromatic N) is 1. The Labute approximate surface area is 97.9 Å². The van der Waals surface area contributed by atoms with E-state index < -0.39 is 0 Å². The third-order valence-corrected chi connectivity index (χ3v) is 3.25. The van der Waals surface area contributed by atoms with E-state index >= 15 is 0 Å². The average Bonchev–Trinajstić information content (AvgIpc) is 2.80. The van der Waals surface area contributed by atoms with Crippen molar-refractivity contribution < 1.29 is 4.74 Å². The van der Waals surface area contributed by atoms with Crippen LogP contribution in [0.1, 0.15) is 33.1 Å². The molecule has 1 aliphatic heterocycles. The molecule has 1 heterocycles. The molecule has 2 aliphatic rings. The lowest BCUT2D eigenvalue weighted by Gasteiger charge is -2.12. The van der Waals surface area contributed by atoms with Crippen LogP contribution in [0.25, 0.3) is 0 Å². The average molecular weight is 225 g/mol. The van der Waals surface area contributed by atoms with Gasteiger partial charge in [0.1, 0.15) is 0 Å². The number of guanidine groups is 1. The molecule has 0 bridgehead atoms. The van der Waals surface area contributed by atoms with Crippen molar-refractivity contribution in [3.8, 4) is 0 Å². The van der Waals surface area contributed by atoms with Crippen LogP contribution in [0.15, 0.2) is 4.99 Å². The van der Waals surface area contributed by atoms with Crippen LogP contribution in [0.2, 0.25) is 0 Å². The number of hydrogen-bond acceptors (Lipinski definition) is 2. The van der Waals surface area contributed by atoms with Gasteiger partial charge in [-0.05, 0) is 32.1 Å². The molecule has 2 fully saturated rings. The maximum absolute atomic E-state index is 5.56. The quantitative estimate of drug-likeness (QED) is 0.557. The van der Waals surface area contributed by atoms with E-state index in [0.29, 0.717) is 12.1 Å². The van der Waals surface area contributed by atoms with Crippen LogP contribution in [-0.2, 0) is 4.74 Å². The van der Waals surface area contributed by atoms with Gasteiger partial charge in [0, 0.05) is 19.2 Å². The van der Waals surface area contributed by atoms with Gasteiger partial charge >= 0.3 is 0 Å². The molecular formula is C12H23N3O. The summed E-state index contributed by atoms with van der Waals surface area (Å²) in [4.78, 5) is 4.58. The summed E-state index contributed by atoms with van der Waals surface area (Å²) in [6.45, 7) is 6.97. The summed E-state index contributed by atoms with van der Waals surface area (Å²) in [7, 11) is 0. The summed E-state index contributed by atoms with van der Waals surface area (Å²) < 4.78 is 5.56. The fourth-order valence-electron chi connectivity index (χ4n) is 2.00. The molecule has 16 heavy (non-hydrogen) atoms. The Morgan fingerprint density at radius 1 is 1.50 bits per heavy atom. The summed E-state index contributed by atoms with van der Waals surface area (Å²) in [5.74, 6) is 1.75. The second kappa shape index (κ2) is 5.53. The molecule has 2 N–H and O–H groups in total. The minimum atomic E-state index is 0.340. The van der Waals surface area contributed by atoms with Crippen LogP contribution in [0, 0.1) is 5.92 Å². The van der Waals surface area contributed by atoms with Gasteiger partial charge in [-0.1, -0.05) is 6.92 Å². The van der Waals surface area contributed by atoms with E-state index in [9.17, 15) is 0 Å². The first kappa shape index (κ1) is 11.7. The fraction of sp³-hybridized carbons (Fsp3) is 0.917. The van der Waals surface area contributed by atoms with Crippen molar-refractivity contribution in [3.63, 3.8) is 0 Å². The summed E-state index contributed by atoms with van der Waals surface area (Å²) in [6.07, 6.45) is 3.95. The van der Waals surface area contributed by atoms with Crippen LogP contribution in [0.5, 0.6) is 0 Å². The van der Waals surface area contributed by atoms with Crippen molar-refractivity contribution in [2.45, 2.75) is 45.3 Å². The first-order valence-corrected chi connectivity index (χ1v) is 6.46. The van der Waals surface area contributed by atoms with Gasteiger partial charge in [0.05, 0.1) is 12.6 Å². The monoisotopic (exact) mass is 225 g/mol. The number of aliphatic imine (C=N–C) groups is 1. The number of hydrogen-bond donors (Lipinski definition) is 2. The van der Waals surface area contributed by atoms with Gasteiger partial charge in [-0.2, -0.15) is 0 Å². The smallest absolute Gasteiger partial charge is 0.191 e. The molecule has 4 nitrogen and oxygen atoms in total. The van der Waals surface area contributed by atoms with Crippen molar-refractivity contribution in [2.24, 2.45) is 10.9 Å². The van der Waals surface area contributed by atoms with Crippen molar-refractivity contribution in [1.29, 1.82) is 0 Å². The summed E-state index contributed by atoms with van der Waals surface area (Å²) in [6, 6.07) is 0.627. The first-order chi connectivity index (χ1) is 7.79. The lowest BCUT2D eigenvalue weighted by Crippen LogP contribution is -2.39. The summed E-state index contributed by atoms with van der Waals surface area (Å²) >= 11 is 0. The molecule has 3 atom stereocenters. The van der Waals surface area contributed by atoms with E-state index in [1.54, 1.807) is 0 Å². The summed E-state index contributed by atoms with van der Waals surface area (Å²) in [5, 5.41) is 6.73. The number of nitrogens with one attached hydrogen (secondary N) is 2. The molecular weight excluding hydrogens is 202 g/mol. The SMILES string of the molecule is CCNC(=NCC1CCCO1)NC1CC1C. The standard InChI is InChI=1S/C12H23N3O/c1-3-13-12(15-11-7-9(11)2)14-8-10-5-4-6-16-10/h9-11H,3-8H2,1-2H3,(H2,13,14,15). The van der Waals surface area contributed by atoms with Gasteiger partial charge in [0.25, 0.3) is 0 Å². The highest BCUT2D eigenvalue weighted by atomic mass is 16.5. The second-order valence-corrected chi connectivity index (χ2v) is 4.82. The molecule has 1 saturated carbocycles. The van der Waals surface area contributed by atoms with E-state index in [2.05, 4.69) is 29.5 Å². The van der Waals surface area contributed by atoms with Gasteiger partial charge in [-0.3, -0.25) is 4.99 Å². The van der Waals surface area contributed by atoms with Gasteiger partial charge in [-0.25, -0.2) is 0 Å². The third kappa shape index (κ3) is 3.37. The van der Waals surface area contributed by atoms with Crippen molar-refractivity contribution in [2.75, 3.05) is 19.7 Å². The molecule has 0 aromatic heterocycles. The van der Waals surface area contributed by atoms with E-state index in [4.69, 9.17) is 4.74 Å². The van der Waals surface area contributed by atoms with Crippen LogP contribution < -0.4 is 10.6 Å². The molecule has 0 spiro atoms. The minimum Gasteiger partial charge on any atom is -0.376 e. The van der Waals surface area contributed by atoms with Gasteiger partial charge in [0.15, 0.2) is 5.96 Å².